The van der Waals surface area contributed by atoms with Gasteiger partial charge in [0.15, 0.2) is 23.3 Å². The molecular weight excluding hydrogens is 269 g/mol. The fourth-order valence-electron chi connectivity index (χ4n) is 1.70. The molecule has 19 heavy (non-hydrogen) atoms. The number of halogens is 5. The summed E-state index contributed by atoms with van der Waals surface area (Å²) in [6, 6.07) is -1.57. The van der Waals surface area contributed by atoms with Gasteiger partial charge in [0.25, 0.3) is 0 Å². The van der Waals surface area contributed by atoms with Crippen molar-refractivity contribution in [2.24, 2.45) is 12.8 Å². The van der Waals surface area contributed by atoms with Gasteiger partial charge in [0.05, 0.1) is 11.6 Å². The van der Waals surface area contributed by atoms with E-state index in [1.165, 1.54) is 24.0 Å². The predicted octanol–water partition coefficient (Wildman–Crippen LogP) is 2.16. The van der Waals surface area contributed by atoms with E-state index in [9.17, 15) is 22.0 Å². The molecule has 1 atom stereocenters. The summed E-state index contributed by atoms with van der Waals surface area (Å²) < 4.78 is 67.4. The van der Waals surface area contributed by atoms with Gasteiger partial charge in [0, 0.05) is 19.4 Å². The molecule has 1 aromatic carbocycles. The van der Waals surface area contributed by atoms with Crippen molar-refractivity contribution in [1.82, 2.24) is 9.55 Å². The van der Waals surface area contributed by atoms with Crippen molar-refractivity contribution in [3.05, 3.63) is 52.9 Å². The van der Waals surface area contributed by atoms with Crippen LogP contribution in [0, 0.1) is 29.1 Å². The zero-order valence-electron chi connectivity index (χ0n) is 9.59. The van der Waals surface area contributed by atoms with E-state index >= 15 is 0 Å². The Hall–Kier alpha value is -1.96. The van der Waals surface area contributed by atoms with E-state index in [2.05, 4.69) is 4.98 Å². The highest BCUT2D eigenvalue weighted by atomic mass is 19.2. The maximum atomic E-state index is 13.5. The zero-order chi connectivity index (χ0) is 14.3. The highest BCUT2D eigenvalue weighted by Crippen LogP contribution is 2.29. The smallest absolute Gasteiger partial charge is 0.200 e. The average Bonchev–Trinajstić information content (AvgIpc) is 2.80. The highest BCUT2D eigenvalue weighted by molar-refractivity contribution is 5.30. The number of rotatable bonds is 2. The highest BCUT2D eigenvalue weighted by Gasteiger charge is 2.30. The van der Waals surface area contributed by atoms with Crippen LogP contribution in [0.25, 0.3) is 0 Å². The third-order valence-electron chi connectivity index (χ3n) is 2.69. The molecule has 3 nitrogen and oxygen atoms in total. The molecule has 2 aromatic rings. The number of benzene rings is 1. The normalized spacial score (nSPS) is 12.8. The largest absolute Gasteiger partial charge is 0.336 e. The molecule has 1 aromatic heterocycles. The molecule has 0 saturated heterocycles. The Morgan fingerprint density at radius 1 is 1.00 bits per heavy atom. The fraction of sp³-hybridized carbons (Fsp3) is 0.182. The van der Waals surface area contributed by atoms with Gasteiger partial charge in [-0.15, -0.1) is 0 Å². The van der Waals surface area contributed by atoms with Crippen LogP contribution in [0.2, 0.25) is 0 Å². The minimum absolute atomic E-state index is 0.0248. The quantitative estimate of drug-likeness (QED) is 0.519. The number of nitrogens with zero attached hydrogens (tertiary/aromatic N) is 2. The summed E-state index contributed by atoms with van der Waals surface area (Å²) in [5.74, 6) is -10.2. The number of hydrogen-bond donors (Lipinski definition) is 1. The maximum absolute atomic E-state index is 13.5. The molecule has 0 bridgehead atoms. The summed E-state index contributed by atoms with van der Waals surface area (Å²) in [4.78, 5) is 3.72. The predicted molar refractivity (Wildman–Crippen MR) is 55.5 cm³/mol. The molecule has 0 amide bonds. The number of aromatic nitrogens is 2. The Labute approximate surface area is 104 Å². The van der Waals surface area contributed by atoms with Crippen molar-refractivity contribution in [3.8, 4) is 0 Å². The van der Waals surface area contributed by atoms with Crippen LogP contribution in [0.3, 0.4) is 0 Å². The summed E-state index contributed by atoms with van der Waals surface area (Å²) in [7, 11) is 1.48. The van der Waals surface area contributed by atoms with E-state index in [-0.39, 0.29) is 5.82 Å². The first-order valence-corrected chi connectivity index (χ1v) is 5.10. The van der Waals surface area contributed by atoms with E-state index in [0.29, 0.717) is 0 Å². The third kappa shape index (κ3) is 1.97. The van der Waals surface area contributed by atoms with Crippen LogP contribution < -0.4 is 5.73 Å². The van der Waals surface area contributed by atoms with Gasteiger partial charge in [-0.05, 0) is 0 Å². The van der Waals surface area contributed by atoms with Crippen molar-refractivity contribution >= 4 is 0 Å². The monoisotopic (exact) mass is 277 g/mol. The topological polar surface area (TPSA) is 43.8 Å². The molecule has 0 fully saturated rings. The molecule has 0 spiro atoms. The van der Waals surface area contributed by atoms with E-state index in [4.69, 9.17) is 5.73 Å². The summed E-state index contributed by atoms with van der Waals surface area (Å²) >= 11 is 0. The van der Waals surface area contributed by atoms with Crippen LogP contribution in [-0.2, 0) is 7.05 Å². The van der Waals surface area contributed by atoms with Crippen molar-refractivity contribution in [2.45, 2.75) is 6.04 Å². The molecule has 0 aliphatic rings. The van der Waals surface area contributed by atoms with E-state index in [1.807, 2.05) is 0 Å². The Bertz CT molecular complexity index is 608. The maximum Gasteiger partial charge on any atom is 0.200 e. The van der Waals surface area contributed by atoms with Gasteiger partial charge in [0.1, 0.15) is 5.82 Å². The van der Waals surface area contributed by atoms with E-state index in [0.717, 1.165) is 0 Å². The average molecular weight is 277 g/mol. The van der Waals surface area contributed by atoms with Crippen molar-refractivity contribution < 1.29 is 22.0 Å². The van der Waals surface area contributed by atoms with Gasteiger partial charge in [-0.3, -0.25) is 0 Å². The molecule has 102 valence electrons. The third-order valence-corrected chi connectivity index (χ3v) is 2.69. The van der Waals surface area contributed by atoms with Gasteiger partial charge in [0.2, 0.25) is 5.82 Å². The van der Waals surface area contributed by atoms with Crippen LogP contribution in [0.5, 0.6) is 0 Å². The lowest BCUT2D eigenvalue weighted by atomic mass is 10.0. The van der Waals surface area contributed by atoms with Crippen molar-refractivity contribution in [1.29, 1.82) is 0 Å². The fourth-order valence-corrected chi connectivity index (χ4v) is 1.70. The Morgan fingerprint density at radius 2 is 1.47 bits per heavy atom. The molecule has 1 unspecified atom stereocenters. The van der Waals surface area contributed by atoms with Crippen LogP contribution >= 0.6 is 0 Å². The summed E-state index contributed by atoms with van der Waals surface area (Å²) in [5, 5.41) is 0. The molecule has 0 aliphatic carbocycles. The SMILES string of the molecule is Cn1ccnc1C(N)c1c(F)c(F)c(F)c(F)c1F. The van der Waals surface area contributed by atoms with Crippen LogP contribution in [0.4, 0.5) is 22.0 Å². The first-order valence-electron chi connectivity index (χ1n) is 5.10. The van der Waals surface area contributed by atoms with Gasteiger partial charge in [-0.2, -0.15) is 0 Å². The first kappa shape index (κ1) is 13.5. The number of aryl methyl sites for hydroxylation is 1. The minimum Gasteiger partial charge on any atom is -0.336 e. The molecule has 0 saturated carbocycles. The molecule has 0 radical (unpaired) electrons. The molecular formula is C11H8F5N3. The van der Waals surface area contributed by atoms with Gasteiger partial charge < -0.3 is 10.3 Å². The van der Waals surface area contributed by atoms with Crippen LogP contribution in [-0.4, -0.2) is 9.55 Å². The van der Waals surface area contributed by atoms with Gasteiger partial charge in [-0.1, -0.05) is 0 Å². The van der Waals surface area contributed by atoms with Crippen LogP contribution in [0.15, 0.2) is 12.4 Å². The second-order valence-corrected chi connectivity index (χ2v) is 3.86. The molecule has 2 N–H and O–H groups in total. The second-order valence-electron chi connectivity index (χ2n) is 3.86. The van der Waals surface area contributed by atoms with E-state index < -0.39 is 40.7 Å². The molecule has 8 heteroatoms. The first-order chi connectivity index (χ1) is 8.86. The number of imidazole rings is 1. The van der Waals surface area contributed by atoms with E-state index in [1.54, 1.807) is 0 Å². The van der Waals surface area contributed by atoms with Crippen molar-refractivity contribution in [2.75, 3.05) is 0 Å². The lowest BCUT2D eigenvalue weighted by molar-refractivity contribution is 0.366. The summed E-state index contributed by atoms with van der Waals surface area (Å²) in [6.45, 7) is 0. The number of hydrogen-bond acceptors (Lipinski definition) is 2. The summed E-state index contributed by atoms with van der Waals surface area (Å²) in [6.07, 6.45) is 2.72. The lowest BCUT2D eigenvalue weighted by Gasteiger charge is -2.15. The zero-order valence-corrected chi connectivity index (χ0v) is 9.59. The Balaban J connectivity index is 2.67. The van der Waals surface area contributed by atoms with Gasteiger partial charge >= 0.3 is 0 Å². The standard InChI is InChI=1S/C11H8F5N3/c1-19-3-2-18-11(19)10(17)4-5(12)7(14)9(16)8(15)6(4)13/h2-3,10H,17H2,1H3. The Kier molecular flexibility index (Phi) is 3.27. The minimum atomic E-state index is -2.22. The summed E-state index contributed by atoms with van der Waals surface area (Å²) in [5.41, 5.74) is 4.43. The lowest BCUT2D eigenvalue weighted by Crippen LogP contribution is -2.22. The Morgan fingerprint density at radius 3 is 1.89 bits per heavy atom. The van der Waals surface area contributed by atoms with Crippen LogP contribution in [0.1, 0.15) is 17.4 Å². The molecule has 0 aliphatic heterocycles. The second kappa shape index (κ2) is 4.61. The van der Waals surface area contributed by atoms with Crippen molar-refractivity contribution in [3.63, 3.8) is 0 Å². The van der Waals surface area contributed by atoms with Gasteiger partial charge in [-0.25, -0.2) is 26.9 Å². The molecule has 1 heterocycles. The number of nitrogens with two attached hydrogens (primary N) is 1. The molecule has 2 rings (SSSR count).